The highest BCUT2D eigenvalue weighted by Gasteiger charge is 2.27. The molecule has 0 saturated carbocycles. The number of hydrogen-bond acceptors (Lipinski definition) is 7. The molecule has 162 valence electrons. The second-order valence-corrected chi connectivity index (χ2v) is 8.22. The van der Waals surface area contributed by atoms with Crippen molar-refractivity contribution in [2.24, 2.45) is 0 Å². The largest absolute Gasteiger partial charge is 0.368 e. The molecule has 3 rings (SSSR count). The first kappa shape index (κ1) is 21.7. The van der Waals surface area contributed by atoms with Crippen LogP contribution >= 0.6 is 0 Å². The van der Waals surface area contributed by atoms with E-state index in [1.165, 1.54) is 6.92 Å². The van der Waals surface area contributed by atoms with Gasteiger partial charge < -0.3 is 21.3 Å². The van der Waals surface area contributed by atoms with Crippen molar-refractivity contribution in [3.8, 4) is 0 Å². The number of amides is 2. The number of nitrogens with two attached hydrogens (primary N) is 1. The van der Waals surface area contributed by atoms with Crippen LogP contribution in [-0.4, -0.2) is 56.8 Å². The van der Waals surface area contributed by atoms with Crippen molar-refractivity contribution < 1.29 is 9.59 Å². The lowest BCUT2D eigenvalue weighted by atomic mass is 9.94. The van der Waals surface area contributed by atoms with Crippen LogP contribution in [-0.2, 0) is 4.79 Å². The molecule has 9 heteroatoms. The molecular weight excluding hydrogens is 382 g/mol. The zero-order valence-electron chi connectivity index (χ0n) is 18.0. The maximum Gasteiger partial charge on any atom is 0.255 e. The van der Waals surface area contributed by atoms with Gasteiger partial charge in [-0.15, -0.1) is 0 Å². The van der Waals surface area contributed by atoms with Gasteiger partial charge in [0.15, 0.2) is 5.82 Å². The number of hydrogen-bond donors (Lipinski definition) is 3. The van der Waals surface area contributed by atoms with Crippen molar-refractivity contribution in [2.75, 3.05) is 30.7 Å². The first-order valence-corrected chi connectivity index (χ1v) is 10.6. The molecule has 4 N–H and O–H groups in total. The van der Waals surface area contributed by atoms with Crippen LogP contribution in [0.5, 0.6) is 0 Å². The molecule has 0 spiro atoms. The van der Waals surface area contributed by atoms with E-state index in [0.717, 1.165) is 45.2 Å². The van der Waals surface area contributed by atoms with Crippen molar-refractivity contribution >= 4 is 34.6 Å². The number of nitrogens with one attached hydrogen (secondary N) is 2. The molecule has 1 aliphatic heterocycles. The van der Waals surface area contributed by atoms with Gasteiger partial charge in [-0.1, -0.05) is 19.8 Å². The Bertz CT molecular complexity index is 927. The molecule has 2 aromatic rings. The number of carbonyl (C=O) groups excluding carboxylic acids is 2. The Morgan fingerprint density at radius 1 is 1.27 bits per heavy atom. The third-order valence-electron chi connectivity index (χ3n) is 5.42. The highest BCUT2D eigenvalue weighted by atomic mass is 16.2. The summed E-state index contributed by atoms with van der Waals surface area (Å²) in [6.07, 6.45) is 6.49. The molecule has 30 heavy (non-hydrogen) atoms. The molecule has 1 saturated heterocycles. The summed E-state index contributed by atoms with van der Waals surface area (Å²) in [5, 5.41) is 6.32. The second-order valence-electron chi connectivity index (χ2n) is 8.22. The third kappa shape index (κ3) is 5.14. The van der Waals surface area contributed by atoms with Crippen LogP contribution in [0.25, 0.3) is 11.0 Å². The van der Waals surface area contributed by atoms with Gasteiger partial charge in [-0.2, -0.15) is 4.98 Å². The summed E-state index contributed by atoms with van der Waals surface area (Å²) in [5.41, 5.74) is 7.10. The van der Waals surface area contributed by atoms with Gasteiger partial charge in [0, 0.05) is 32.8 Å². The van der Waals surface area contributed by atoms with Gasteiger partial charge in [0.1, 0.15) is 5.52 Å². The van der Waals surface area contributed by atoms with E-state index < -0.39 is 5.54 Å². The highest BCUT2D eigenvalue weighted by Crippen LogP contribution is 2.26. The fourth-order valence-corrected chi connectivity index (χ4v) is 3.71. The van der Waals surface area contributed by atoms with Gasteiger partial charge in [-0.05, 0) is 32.3 Å². The number of pyridine rings is 1. The quantitative estimate of drug-likeness (QED) is 0.606. The zero-order valence-corrected chi connectivity index (χ0v) is 18.0. The fourth-order valence-electron chi connectivity index (χ4n) is 3.71. The van der Waals surface area contributed by atoms with Gasteiger partial charge in [-0.25, -0.2) is 9.97 Å². The Morgan fingerprint density at radius 2 is 2.00 bits per heavy atom. The number of nitrogens with zero attached hydrogens (tertiary/aromatic N) is 4. The first-order chi connectivity index (χ1) is 14.3. The number of likely N-dealkylation sites (tertiary alicyclic amines) is 1. The van der Waals surface area contributed by atoms with Crippen LogP contribution in [0.1, 0.15) is 63.2 Å². The predicted molar refractivity (Wildman–Crippen MR) is 117 cm³/mol. The average molecular weight is 414 g/mol. The van der Waals surface area contributed by atoms with E-state index in [-0.39, 0.29) is 17.8 Å². The molecule has 9 nitrogen and oxygen atoms in total. The van der Waals surface area contributed by atoms with Gasteiger partial charge >= 0.3 is 0 Å². The maximum absolute atomic E-state index is 12.7. The molecule has 1 aliphatic rings. The average Bonchev–Trinajstić information content (AvgIpc) is 3.24. The Labute approximate surface area is 176 Å². The monoisotopic (exact) mass is 413 g/mol. The lowest BCUT2D eigenvalue weighted by Gasteiger charge is -2.32. The normalized spacial score (nSPS) is 15.8. The third-order valence-corrected chi connectivity index (χ3v) is 5.42. The fraction of sp³-hybridized carbons (Fsp3) is 0.571. The number of unbranched alkanes of at least 4 members (excludes halogenated alkanes) is 1. The smallest absolute Gasteiger partial charge is 0.255 e. The van der Waals surface area contributed by atoms with E-state index >= 15 is 0 Å². The molecule has 1 atom stereocenters. The molecular formula is C21H31N7O2. The van der Waals surface area contributed by atoms with Crippen LogP contribution in [0.15, 0.2) is 12.3 Å². The maximum atomic E-state index is 12.7. The summed E-state index contributed by atoms with van der Waals surface area (Å²) in [4.78, 5) is 39.2. The minimum atomic E-state index is -0.429. The number of fused-ring (bicyclic) bond motifs is 1. The molecule has 1 fully saturated rings. The summed E-state index contributed by atoms with van der Waals surface area (Å²) in [6, 6.07) is 1.73. The number of carbonyl (C=O) groups is 2. The number of anilines is 2. The summed E-state index contributed by atoms with van der Waals surface area (Å²) in [6.45, 7) is 7.65. The van der Waals surface area contributed by atoms with Crippen LogP contribution in [0.2, 0.25) is 0 Å². The molecule has 0 aliphatic carbocycles. The SMILES string of the molecule is CCCC[C@](C)(CNC(C)=O)Nc1nc(N)nc2cc(C(=O)N3CCCC3)cnc12. The molecule has 2 aromatic heterocycles. The lowest BCUT2D eigenvalue weighted by Crippen LogP contribution is -2.46. The molecule has 2 amide bonds. The Balaban J connectivity index is 1.92. The van der Waals surface area contributed by atoms with E-state index in [2.05, 4.69) is 32.5 Å². The van der Waals surface area contributed by atoms with Gasteiger partial charge in [-0.3, -0.25) is 9.59 Å². The highest BCUT2D eigenvalue weighted by molar-refractivity contribution is 5.98. The first-order valence-electron chi connectivity index (χ1n) is 10.6. The van der Waals surface area contributed by atoms with Crippen LogP contribution < -0.4 is 16.4 Å². The summed E-state index contributed by atoms with van der Waals surface area (Å²) in [5.74, 6) is 0.485. The Hall–Kier alpha value is -2.97. The van der Waals surface area contributed by atoms with Crippen molar-refractivity contribution in [3.05, 3.63) is 17.8 Å². The van der Waals surface area contributed by atoms with E-state index in [1.807, 2.05) is 11.8 Å². The number of nitrogen functional groups attached to an aromatic ring is 1. The summed E-state index contributed by atoms with van der Waals surface area (Å²) < 4.78 is 0. The van der Waals surface area contributed by atoms with Crippen molar-refractivity contribution in [3.63, 3.8) is 0 Å². The van der Waals surface area contributed by atoms with Crippen molar-refractivity contribution in [1.82, 2.24) is 25.2 Å². The van der Waals surface area contributed by atoms with E-state index in [4.69, 9.17) is 5.73 Å². The van der Waals surface area contributed by atoms with E-state index in [0.29, 0.717) is 29.0 Å². The second kappa shape index (κ2) is 9.23. The van der Waals surface area contributed by atoms with E-state index in [1.54, 1.807) is 12.3 Å². The van der Waals surface area contributed by atoms with Crippen LogP contribution in [0.4, 0.5) is 11.8 Å². The van der Waals surface area contributed by atoms with Gasteiger partial charge in [0.25, 0.3) is 5.91 Å². The van der Waals surface area contributed by atoms with Crippen molar-refractivity contribution in [1.29, 1.82) is 0 Å². The molecule has 0 radical (unpaired) electrons. The van der Waals surface area contributed by atoms with Crippen molar-refractivity contribution in [2.45, 2.75) is 58.4 Å². The number of aromatic nitrogens is 3. The predicted octanol–water partition coefficient (Wildman–Crippen LogP) is 2.34. The minimum absolute atomic E-state index is 0.0352. The van der Waals surface area contributed by atoms with Crippen LogP contribution in [0.3, 0.4) is 0 Å². The molecule has 0 aromatic carbocycles. The molecule has 0 unspecified atom stereocenters. The summed E-state index contributed by atoms with van der Waals surface area (Å²) in [7, 11) is 0. The topological polar surface area (TPSA) is 126 Å². The van der Waals surface area contributed by atoms with Gasteiger partial charge in [0.05, 0.1) is 16.6 Å². The Morgan fingerprint density at radius 3 is 2.67 bits per heavy atom. The summed E-state index contributed by atoms with van der Waals surface area (Å²) >= 11 is 0. The van der Waals surface area contributed by atoms with Crippen LogP contribution in [0, 0.1) is 0 Å². The molecule has 3 heterocycles. The Kier molecular flexibility index (Phi) is 6.69. The zero-order chi connectivity index (χ0) is 21.7. The van der Waals surface area contributed by atoms with Gasteiger partial charge in [0.2, 0.25) is 11.9 Å². The van der Waals surface area contributed by atoms with E-state index in [9.17, 15) is 9.59 Å². The molecule has 0 bridgehead atoms. The standard InChI is InChI=1S/C21H31N7O2/c1-4-5-8-21(3,13-24-14(2)29)27-18-17-16(25-20(22)26-18)11-15(12-23-17)19(30)28-9-6-7-10-28/h11-12H,4-10,13H2,1-3H3,(H,24,29)(H3,22,25,26,27)/t21-/m1/s1. The lowest BCUT2D eigenvalue weighted by molar-refractivity contribution is -0.119. The number of rotatable bonds is 8. The minimum Gasteiger partial charge on any atom is -0.368 e.